The number of aromatic nitrogens is 3. The second-order valence-electron chi connectivity index (χ2n) is 4.58. The minimum absolute atomic E-state index is 0.395. The molecule has 0 fully saturated rings. The number of pyridine rings is 1. The molecule has 6 heteroatoms. The first-order chi connectivity index (χ1) is 9.69. The minimum Gasteiger partial charge on any atom is -0.370 e. The van der Waals surface area contributed by atoms with E-state index in [2.05, 4.69) is 15.1 Å². The Labute approximate surface area is 118 Å². The zero-order valence-electron chi connectivity index (χ0n) is 12.1. The summed E-state index contributed by atoms with van der Waals surface area (Å²) in [6, 6.07) is 3.72. The van der Waals surface area contributed by atoms with E-state index >= 15 is 0 Å². The lowest BCUT2D eigenvalue weighted by atomic mass is 9.96. The van der Waals surface area contributed by atoms with E-state index in [0.29, 0.717) is 24.0 Å². The van der Waals surface area contributed by atoms with Crippen LogP contribution in [0.4, 0.5) is 0 Å². The molecule has 2 aromatic rings. The highest BCUT2D eigenvalue weighted by Gasteiger charge is 2.33. The molecule has 20 heavy (non-hydrogen) atoms. The normalized spacial score (nSPS) is 11.8. The van der Waals surface area contributed by atoms with Gasteiger partial charge in [0.25, 0.3) is 5.89 Å². The summed E-state index contributed by atoms with van der Waals surface area (Å²) in [7, 11) is 1.66. The monoisotopic (exact) mass is 276 g/mol. The Morgan fingerprint density at radius 3 is 2.55 bits per heavy atom. The highest BCUT2D eigenvalue weighted by atomic mass is 16.5. The maximum atomic E-state index is 5.59. The Morgan fingerprint density at radius 1 is 1.30 bits per heavy atom. The third-order valence-electron chi connectivity index (χ3n) is 3.65. The van der Waals surface area contributed by atoms with Gasteiger partial charge in [-0.05, 0) is 24.5 Å². The van der Waals surface area contributed by atoms with Gasteiger partial charge in [0.1, 0.15) is 11.3 Å². The van der Waals surface area contributed by atoms with E-state index in [1.54, 1.807) is 13.3 Å². The molecular weight excluding hydrogens is 256 g/mol. The standard InChI is InChI=1S/C14H20N4O2/c1-4-14(5-2,19-3)13-17-12(20-18-13)11-7-6-10(8-15)9-16-11/h6-7,9H,4-5,8,15H2,1-3H3. The molecule has 0 amide bonds. The SMILES string of the molecule is CCC(CC)(OC)c1noc(-c2ccc(CN)cn2)n1. The Morgan fingerprint density at radius 2 is 2.05 bits per heavy atom. The van der Waals surface area contributed by atoms with Crippen LogP contribution in [0.1, 0.15) is 38.1 Å². The zero-order valence-corrected chi connectivity index (χ0v) is 12.1. The molecule has 0 radical (unpaired) electrons. The van der Waals surface area contributed by atoms with Crippen molar-refractivity contribution in [3.8, 4) is 11.6 Å². The van der Waals surface area contributed by atoms with Crippen LogP contribution in [0.5, 0.6) is 0 Å². The summed E-state index contributed by atoms with van der Waals surface area (Å²) in [6.07, 6.45) is 3.26. The van der Waals surface area contributed by atoms with Crippen LogP contribution in [0, 0.1) is 0 Å². The molecule has 2 N–H and O–H groups in total. The number of rotatable bonds is 6. The van der Waals surface area contributed by atoms with Gasteiger partial charge in [-0.3, -0.25) is 4.98 Å². The first-order valence-electron chi connectivity index (χ1n) is 6.73. The predicted octanol–water partition coefficient (Wildman–Crippen LogP) is 2.25. The van der Waals surface area contributed by atoms with Gasteiger partial charge in [-0.2, -0.15) is 4.98 Å². The topological polar surface area (TPSA) is 87.1 Å². The van der Waals surface area contributed by atoms with Crippen LogP contribution in [0.3, 0.4) is 0 Å². The number of hydrogen-bond donors (Lipinski definition) is 1. The molecule has 0 aliphatic heterocycles. The van der Waals surface area contributed by atoms with Crippen LogP contribution >= 0.6 is 0 Å². The van der Waals surface area contributed by atoms with E-state index in [1.807, 2.05) is 26.0 Å². The number of methoxy groups -OCH3 is 1. The van der Waals surface area contributed by atoms with Crippen LogP contribution in [0.25, 0.3) is 11.6 Å². The van der Waals surface area contributed by atoms with Gasteiger partial charge in [0.15, 0.2) is 0 Å². The molecular formula is C14H20N4O2. The van der Waals surface area contributed by atoms with Gasteiger partial charge in [0.05, 0.1) is 0 Å². The summed E-state index contributed by atoms with van der Waals surface area (Å²) in [5, 5.41) is 4.04. The number of nitrogens with zero attached hydrogens (tertiary/aromatic N) is 3. The molecule has 108 valence electrons. The van der Waals surface area contributed by atoms with Gasteiger partial charge in [0.2, 0.25) is 5.82 Å². The average molecular weight is 276 g/mol. The van der Waals surface area contributed by atoms with Gasteiger partial charge in [-0.1, -0.05) is 25.1 Å². The van der Waals surface area contributed by atoms with Crippen molar-refractivity contribution in [3.63, 3.8) is 0 Å². The molecule has 0 aromatic carbocycles. The van der Waals surface area contributed by atoms with E-state index in [1.165, 1.54) is 0 Å². The molecule has 2 rings (SSSR count). The van der Waals surface area contributed by atoms with Crippen molar-refractivity contribution in [1.29, 1.82) is 0 Å². The van der Waals surface area contributed by atoms with Crippen molar-refractivity contribution in [2.24, 2.45) is 5.73 Å². The molecule has 6 nitrogen and oxygen atoms in total. The van der Waals surface area contributed by atoms with Gasteiger partial charge in [-0.25, -0.2) is 0 Å². The Balaban J connectivity index is 2.32. The number of hydrogen-bond acceptors (Lipinski definition) is 6. The lowest BCUT2D eigenvalue weighted by Crippen LogP contribution is -2.28. The molecule has 2 aromatic heterocycles. The molecule has 0 atom stereocenters. The molecule has 0 spiro atoms. The molecule has 2 heterocycles. The first-order valence-corrected chi connectivity index (χ1v) is 6.73. The largest absolute Gasteiger partial charge is 0.370 e. The van der Waals surface area contributed by atoms with Gasteiger partial charge >= 0.3 is 0 Å². The van der Waals surface area contributed by atoms with Crippen molar-refractivity contribution in [3.05, 3.63) is 29.7 Å². The van der Waals surface area contributed by atoms with Gasteiger partial charge < -0.3 is 15.0 Å². The van der Waals surface area contributed by atoms with E-state index in [0.717, 1.165) is 18.4 Å². The molecule has 0 saturated carbocycles. The number of ether oxygens (including phenoxy) is 1. The zero-order chi connectivity index (χ0) is 14.6. The van der Waals surface area contributed by atoms with Crippen molar-refractivity contribution >= 4 is 0 Å². The highest BCUT2D eigenvalue weighted by molar-refractivity contribution is 5.46. The quantitative estimate of drug-likeness (QED) is 0.870. The Bertz CT molecular complexity index is 538. The van der Waals surface area contributed by atoms with Crippen LogP contribution in [-0.4, -0.2) is 22.2 Å². The van der Waals surface area contributed by atoms with Gasteiger partial charge in [0, 0.05) is 19.9 Å². The van der Waals surface area contributed by atoms with Crippen LogP contribution in [0.15, 0.2) is 22.9 Å². The van der Waals surface area contributed by atoms with Crippen molar-refractivity contribution in [2.45, 2.75) is 38.8 Å². The van der Waals surface area contributed by atoms with E-state index < -0.39 is 5.60 Å². The summed E-state index contributed by atoms with van der Waals surface area (Å²) >= 11 is 0. The Kier molecular flexibility index (Phi) is 4.46. The van der Waals surface area contributed by atoms with E-state index in [-0.39, 0.29) is 0 Å². The fourth-order valence-electron chi connectivity index (χ4n) is 2.13. The van der Waals surface area contributed by atoms with Gasteiger partial charge in [-0.15, -0.1) is 0 Å². The summed E-state index contributed by atoms with van der Waals surface area (Å²) in [6.45, 7) is 4.54. The molecule has 0 aliphatic rings. The second-order valence-corrected chi connectivity index (χ2v) is 4.58. The third kappa shape index (κ3) is 2.57. The maximum absolute atomic E-state index is 5.59. The summed E-state index contributed by atoms with van der Waals surface area (Å²) in [5.74, 6) is 0.955. The molecule has 0 unspecified atom stereocenters. The lowest BCUT2D eigenvalue weighted by molar-refractivity contribution is -0.0306. The minimum atomic E-state index is -0.501. The van der Waals surface area contributed by atoms with Crippen molar-refractivity contribution in [1.82, 2.24) is 15.1 Å². The predicted molar refractivity (Wildman–Crippen MR) is 74.7 cm³/mol. The summed E-state index contributed by atoms with van der Waals surface area (Å²) < 4.78 is 10.9. The van der Waals surface area contributed by atoms with Crippen LogP contribution < -0.4 is 5.73 Å². The average Bonchev–Trinajstić information content (AvgIpc) is 3.00. The van der Waals surface area contributed by atoms with Crippen LogP contribution in [-0.2, 0) is 16.9 Å². The van der Waals surface area contributed by atoms with Crippen molar-refractivity contribution < 1.29 is 9.26 Å². The first kappa shape index (κ1) is 14.6. The highest BCUT2D eigenvalue weighted by Crippen LogP contribution is 2.31. The lowest BCUT2D eigenvalue weighted by Gasteiger charge is -2.25. The van der Waals surface area contributed by atoms with E-state index in [9.17, 15) is 0 Å². The van der Waals surface area contributed by atoms with Crippen LogP contribution in [0.2, 0.25) is 0 Å². The molecule has 0 aliphatic carbocycles. The van der Waals surface area contributed by atoms with E-state index in [4.69, 9.17) is 15.0 Å². The molecule has 0 bridgehead atoms. The van der Waals surface area contributed by atoms with Crippen molar-refractivity contribution in [2.75, 3.05) is 7.11 Å². The fraction of sp³-hybridized carbons (Fsp3) is 0.500. The smallest absolute Gasteiger partial charge is 0.276 e. The Hall–Kier alpha value is -1.79. The second kappa shape index (κ2) is 6.11. The third-order valence-corrected chi connectivity index (χ3v) is 3.65. The summed E-state index contributed by atoms with van der Waals surface area (Å²) in [4.78, 5) is 8.70. The fourth-order valence-corrected chi connectivity index (χ4v) is 2.13. The molecule has 0 saturated heterocycles. The summed E-state index contributed by atoms with van der Waals surface area (Å²) in [5.41, 5.74) is 6.64. The number of nitrogens with two attached hydrogens (primary N) is 1. The maximum Gasteiger partial charge on any atom is 0.276 e.